The summed E-state index contributed by atoms with van der Waals surface area (Å²) in [5, 5.41) is 0. The second-order valence-electron chi connectivity index (χ2n) is 3.89. The monoisotopic (exact) mass is 302 g/mol. The van der Waals surface area contributed by atoms with Crippen molar-refractivity contribution in [1.29, 1.82) is 0 Å². The predicted molar refractivity (Wildman–Crippen MR) is 68.8 cm³/mol. The van der Waals surface area contributed by atoms with Crippen molar-refractivity contribution in [3.05, 3.63) is 59.2 Å². The summed E-state index contributed by atoms with van der Waals surface area (Å²) in [4.78, 5) is -0.690. The van der Waals surface area contributed by atoms with Crippen LogP contribution in [0.1, 0.15) is 5.56 Å². The third-order valence-corrected chi connectivity index (χ3v) is 3.74. The highest BCUT2D eigenvalue weighted by Crippen LogP contribution is 2.36. The Morgan fingerprint density at radius 3 is 1.95 bits per heavy atom. The van der Waals surface area contributed by atoms with E-state index in [1.54, 1.807) is 30.3 Å². The summed E-state index contributed by atoms with van der Waals surface area (Å²) < 4.78 is 58.8. The predicted octanol–water partition coefficient (Wildman–Crippen LogP) is 4.54. The lowest BCUT2D eigenvalue weighted by Crippen LogP contribution is -2.03. The molecule has 0 saturated heterocycles. The van der Waals surface area contributed by atoms with E-state index in [-0.39, 0.29) is 5.75 Å². The topological polar surface area (TPSA) is 9.23 Å². The van der Waals surface area contributed by atoms with Gasteiger partial charge in [-0.1, -0.05) is 30.3 Å². The SMILES string of the molecule is COc1c(F)c(F)c(SCc2ccccc2)c(F)c1F. The third kappa shape index (κ3) is 2.75. The number of methoxy groups -OCH3 is 1. The Balaban J connectivity index is 2.33. The molecule has 0 N–H and O–H groups in total. The van der Waals surface area contributed by atoms with Gasteiger partial charge in [-0.05, 0) is 5.56 Å². The summed E-state index contributed by atoms with van der Waals surface area (Å²) in [6.45, 7) is 0. The summed E-state index contributed by atoms with van der Waals surface area (Å²) in [5.74, 6) is -6.80. The lowest BCUT2D eigenvalue weighted by Gasteiger charge is -2.10. The maximum atomic E-state index is 13.7. The molecule has 2 aromatic rings. The zero-order valence-electron chi connectivity index (χ0n) is 10.4. The van der Waals surface area contributed by atoms with Crippen molar-refractivity contribution in [1.82, 2.24) is 0 Å². The Labute approximate surface area is 117 Å². The lowest BCUT2D eigenvalue weighted by molar-refractivity contribution is 0.323. The molecule has 0 amide bonds. The van der Waals surface area contributed by atoms with Crippen LogP contribution in [0.5, 0.6) is 5.75 Å². The van der Waals surface area contributed by atoms with Gasteiger partial charge in [-0.3, -0.25) is 0 Å². The fraction of sp³-hybridized carbons (Fsp3) is 0.143. The van der Waals surface area contributed by atoms with E-state index in [0.717, 1.165) is 12.7 Å². The molecule has 0 saturated carbocycles. The van der Waals surface area contributed by atoms with E-state index in [9.17, 15) is 17.6 Å². The zero-order chi connectivity index (χ0) is 14.7. The van der Waals surface area contributed by atoms with Crippen LogP contribution < -0.4 is 4.74 Å². The molecule has 0 unspecified atom stereocenters. The van der Waals surface area contributed by atoms with Crippen LogP contribution in [-0.2, 0) is 5.75 Å². The van der Waals surface area contributed by atoms with Crippen molar-refractivity contribution in [3.8, 4) is 5.75 Å². The first-order valence-corrected chi connectivity index (χ1v) is 6.61. The van der Waals surface area contributed by atoms with E-state index in [1.807, 2.05) is 0 Å². The van der Waals surface area contributed by atoms with Crippen LogP contribution in [-0.4, -0.2) is 7.11 Å². The quantitative estimate of drug-likeness (QED) is 0.466. The molecular weight excluding hydrogens is 292 g/mol. The Morgan fingerprint density at radius 2 is 1.45 bits per heavy atom. The maximum absolute atomic E-state index is 13.7. The van der Waals surface area contributed by atoms with Crippen molar-refractivity contribution < 1.29 is 22.3 Å². The molecule has 20 heavy (non-hydrogen) atoms. The largest absolute Gasteiger partial charge is 0.491 e. The fourth-order valence-corrected chi connectivity index (χ4v) is 2.56. The van der Waals surface area contributed by atoms with Crippen LogP contribution in [0.2, 0.25) is 0 Å². The summed E-state index contributed by atoms with van der Waals surface area (Å²) >= 11 is 0.689. The molecule has 106 valence electrons. The van der Waals surface area contributed by atoms with Crippen molar-refractivity contribution in [3.63, 3.8) is 0 Å². The van der Waals surface area contributed by atoms with E-state index in [0.29, 0.717) is 11.8 Å². The minimum absolute atomic E-state index is 0.194. The summed E-state index contributed by atoms with van der Waals surface area (Å²) in [7, 11) is 0.942. The minimum Gasteiger partial charge on any atom is -0.491 e. The molecule has 0 bridgehead atoms. The molecule has 0 heterocycles. The average Bonchev–Trinajstić information content (AvgIpc) is 2.47. The molecule has 0 atom stereocenters. The normalized spacial score (nSPS) is 10.7. The highest BCUT2D eigenvalue weighted by Gasteiger charge is 2.26. The van der Waals surface area contributed by atoms with E-state index in [2.05, 4.69) is 4.74 Å². The first kappa shape index (κ1) is 14.7. The minimum atomic E-state index is -1.53. The number of halogens is 4. The summed E-state index contributed by atoms with van der Waals surface area (Å²) in [6.07, 6.45) is 0. The number of rotatable bonds is 4. The zero-order valence-corrected chi connectivity index (χ0v) is 11.2. The van der Waals surface area contributed by atoms with Crippen LogP contribution in [0.15, 0.2) is 35.2 Å². The van der Waals surface area contributed by atoms with Gasteiger partial charge in [0.05, 0.1) is 12.0 Å². The molecule has 0 aliphatic heterocycles. The van der Waals surface area contributed by atoms with Crippen LogP contribution in [0.3, 0.4) is 0 Å². The molecule has 0 aliphatic carbocycles. The average molecular weight is 302 g/mol. The highest BCUT2D eigenvalue weighted by molar-refractivity contribution is 7.98. The molecular formula is C14H10F4OS. The first-order valence-electron chi connectivity index (χ1n) is 5.63. The molecule has 2 aromatic carbocycles. The van der Waals surface area contributed by atoms with Gasteiger partial charge in [0.15, 0.2) is 17.4 Å². The van der Waals surface area contributed by atoms with Gasteiger partial charge in [0.2, 0.25) is 11.6 Å². The van der Waals surface area contributed by atoms with Crippen LogP contribution >= 0.6 is 11.8 Å². The van der Waals surface area contributed by atoms with Crippen molar-refractivity contribution in [2.24, 2.45) is 0 Å². The van der Waals surface area contributed by atoms with Crippen molar-refractivity contribution in [2.45, 2.75) is 10.6 Å². The van der Waals surface area contributed by atoms with Gasteiger partial charge < -0.3 is 4.74 Å². The van der Waals surface area contributed by atoms with E-state index in [4.69, 9.17) is 0 Å². The molecule has 0 aromatic heterocycles. The fourth-order valence-electron chi connectivity index (χ4n) is 1.63. The lowest BCUT2D eigenvalue weighted by atomic mass is 10.2. The molecule has 0 radical (unpaired) electrons. The molecule has 2 rings (SSSR count). The van der Waals surface area contributed by atoms with Crippen molar-refractivity contribution in [2.75, 3.05) is 7.11 Å². The highest BCUT2D eigenvalue weighted by atomic mass is 32.2. The van der Waals surface area contributed by atoms with Gasteiger partial charge in [-0.15, -0.1) is 11.8 Å². The number of ether oxygens (including phenoxy) is 1. The van der Waals surface area contributed by atoms with E-state index < -0.39 is 33.9 Å². The van der Waals surface area contributed by atoms with E-state index >= 15 is 0 Å². The molecule has 0 aliphatic rings. The number of hydrogen-bond donors (Lipinski definition) is 0. The number of benzene rings is 2. The van der Waals surface area contributed by atoms with E-state index in [1.165, 1.54) is 0 Å². The Hall–Kier alpha value is -1.69. The Morgan fingerprint density at radius 1 is 0.900 bits per heavy atom. The van der Waals surface area contributed by atoms with Gasteiger partial charge >= 0.3 is 0 Å². The van der Waals surface area contributed by atoms with Gasteiger partial charge in [0, 0.05) is 5.75 Å². The maximum Gasteiger partial charge on any atom is 0.205 e. The smallest absolute Gasteiger partial charge is 0.205 e. The second kappa shape index (κ2) is 6.17. The van der Waals surface area contributed by atoms with Crippen LogP contribution in [0, 0.1) is 23.3 Å². The molecule has 1 nitrogen and oxygen atoms in total. The Kier molecular flexibility index (Phi) is 4.54. The van der Waals surface area contributed by atoms with Crippen molar-refractivity contribution >= 4 is 11.8 Å². The second-order valence-corrected chi connectivity index (χ2v) is 4.88. The van der Waals surface area contributed by atoms with Gasteiger partial charge in [-0.25, -0.2) is 8.78 Å². The summed E-state index contributed by atoms with van der Waals surface area (Å²) in [5.41, 5.74) is 0.785. The first-order chi connectivity index (χ1) is 9.56. The number of hydrogen-bond acceptors (Lipinski definition) is 2. The number of thioether (sulfide) groups is 1. The molecule has 0 spiro atoms. The molecule has 6 heteroatoms. The van der Waals surface area contributed by atoms with Crippen LogP contribution in [0.4, 0.5) is 17.6 Å². The molecule has 0 fully saturated rings. The standard InChI is InChI=1S/C14H10F4OS/c1-19-13-9(15)11(17)14(12(18)10(13)16)20-7-8-5-3-2-4-6-8/h2-6H,7H2,1H3. The van der Waals surface area contributed by atoms with Gasteiger partial charge in [0.25, 0.3) is 0 Å². The van der Waals surface area contributed by atoms with Gasteiger partial charge in [0.1, 0.15) is 0 Å². The van der Waals surface area contributed by atoms with Crippen LogP contribution in [0.25, 0.3) is 0 Å². The van der Waals surface area contributed by atoms with Gasteiger partial charge in [-0.2, -0.15) is 8.78 Å². The summed E-state index contributed by atoms with van der Waals surface area (Å²) in [6, 6.07) is 8.82. The Bertz CT molecular complexity index is 587. The third-order valence-electron chi connectivity index (χ3n) is 2.61.